The van der Waals surface area contributed by atoms with Crippen molar-refractivity contribution in [1.29, 1.82) is 0 Å². The molecule has 0 spiro atoms. The van der Waals surface area contributed by atoms with E-state index in [0.29, 0.717) is 10.9 Å². The van der Waals surface area contributed by atoms with Gasteiger partial charge in [-0.3, -0.25) is 20.4 Å². The number of hydrogen-bond acceptors (Lipinski definition) is 5. The first-order valence-electron chi connectivity index (χ1n) is 8.90. The minimum Gasteiger partial charge on any atom is -0.273 e. The summed E-state index contributed by atoms with van der Waals surface area (Å²) in [5.74, 6) is -1.20. The van der Waals surface area contributed by atoms with Crippen LogP contribution in [0, 0.1) is 6.92 Å². The van der Waals surface area contributed by atoms with E-state index in [0.717, 1.165) is 29.0 Å². The number of halogens is 4. The Labute approximate surface area is 186 Å². The third-order valence-electron chi connectivity index (χ3n) is 4.08. The third kappa shape index (κ3) is 6.66. The van der Waals surface area contributed by atoms with Gasteiger partial charge in [0.05, 0.1) is 20.4 Å². The van der Waals surface area contributed by atoms with Gasteiger partial charge in [0.1, 0.15) is 0 Å². The molecule has 2 amide bonds. The summed E-state index contributed by atoms with van der Waals surface area (Å²) >= 11 is 6.78. The molecule has 1 aromatic carbocycles. The van der Waals surface area contributed by atoms with Crippen LogP contribution in [0.1, 0.15) is 39.0 Å². The van der Waals surface area contributed by atoms with Gasteiger partial charge in [0.2, 0.25) is 15.9 Å². The van der Waals surface area contributed by atoms with Gasteiger partial charge in [0.15, 0.2) is 0 Å². The molecular formula is C18H19ClF3N3O4S2. The van der Waals surface area contributed by atoms with Crippen molar-refractivity contribution in [2.45, 2.75) is 37.8 Å². The Balaban J connectivity index is 1.89. The van der Waals surface area contributed by atoms with E-state index in [1.54, 1.807) is 6.07 Å². The second kappa shape index (κ2) is 9.98. The number of hydrogen-bond donors (Lipinski definition) is 3. The number of nitrogens with one attached hydrogen (secondary N) is 3. The van der Waals surface area contributed by atoms with E-state index in [1.807, 2.05) is 18.6 Å². The molecule has 3 N–H and O–H groups in total. The Morgan fingerprint density at radius 2 is 1.84 bits per heavy atom. The van der Waals surface area contributed by atoms with Gasteiger partial charge in [-0.2, -0.15) is 13.2 Å². The van der Waals surface area contributed by atoms with Crippen molar-refractivity contribution in [3.63, 3.8) is 0 Å². The van der Waals surface area contributed by atoms with E-state index in [-0.39, 0.29) is 6.42 Å². The van der Waals surface area contributed by atoms with E-state index in [1.165, 1.54) is 11.3 Å². The molecule has 0 aliphatic rings. The molecule has 0 saturated carbocycles. The third-order valence-corrected chi connectivity index (χ3v) is 7.25. The van der Waals surface area contributed by atoms with Crippen LogP contribution in [-0.2, 0) is 27.4 Å². The Morgan fingerprint density at radius 3 is 2.42 bits per heavy atom. The highest BCUT2D eigenvalue weighted by atomic mass is 35.5. The Morgan fingerprint density at radius 1 is 1.16 bits per heavy atom. The second-order valence-corrected chi connectivity index (χ2v) is 9.67. The van der Waals surface area contributed by atoms with E-state index < -0.39 is 50.0 Å². The second-order valence-electron chi connectivity index (χ2n) is 6.36. The maximum Gasteiger partial charge on any atom is 0.417 e. The summed E-state index contributed by atoms with van der Waals surface area (Å²) in [6.45, 7) is 3.43. The maximum absolute atomic E-state index is 12.9. The molecule has 0 unspecified atom stereocenters. The molecule has 1 heterocycles. The maximum atomic E-state index is 12.9. The smallest absolute Gasteiger partial charge is 0.273 e. The lowest BCUT2D eigenvalue weighted by Crippen LogP contribution is -2.42. The van der Waals surface area contributed by atoms with Crippen molar-refractivity contribution in [1.82, 2.24) is 15.6 Å². The fraction of sp³-hybridized carbons (Fsp3) is 0.333. The molecule has 0 aliphatic carbocycles. The molecule has 0 bridgehead atoms. The van der Waals surface area contributed by atoms with Crippen molar-refractivity contribution >= 4 is 44.8 Å². The minimum atomic E-state index is -4.82. The summed E-state index contributed by atoms with van der Waals surface area (Å²) in [6.07, 6.45) is -4.41. The zero-order valence-corrected chi connectivity index (χ0v) is 18.8. The molecule has 0 atom stereocenters. The molecular weight excluding hydrogens is 479 g/mol. The zero-order chi connectivity index (χ0) is 23.4. The van der Waals surface area contributed by atoms with Gasteiger partial charge in [0, 0.05) is 17.8 Å². The SMILES string of the molecule is CCc1sc(C(=O)NNC(=O)CCNS(=O)(=O)c2ccc(Cl)c(C(F)(F)F)c2)cc1C. The molecule has 170 valence electrons. The number of amides is 2. The molecule has 0 aliphatic heterocycles. The average molecular weight is 498 g/mol. The molecule has 0 radical (unpaired) electrons. The fourth-order valence-electron chi connectivity index (χ4n) is 2.50. The van der Waals surface area contributed by atoms with E-state index in [9.17, 15) is 31.2 Å². The topological polar surface area (TPSA) is 104 Å². The monoisotopic (exact) mass is 497 g/mol. The first-order chi connectivity index (χ1) is 14.3. The molecule has 31 heavy (non-hydrogen) atoms. The van der Waals surface area contributed by atoms with Crippen molar-refractivity contribution in [2.24, 2.45) is 0 Å². The average Bonchev–Trinajstić information content (AvgIpc) is 3.06. The van der Waals surface area contributed by atoms with Crippen LogP contribution in [0.2, 0.25) is 5.02 Å². The highest BCUT2D eigenvalue weighted by Crippen LogP contribution is 2.35. The van der Waals surface area contributed by atoms with Crippen LogP contribution in [0.4, 0.5) is 13.2 Å². The van der Waals surface area contributed by atoms with Crippen molar-refractivity contribution in [2.75, 3.05) is 6.54 Å². The van der Waals surface area contributed by atoms with Crippen LogP contribution >= 0.6 is 22.9 Å². The van der Waals surface area contributed by atoms with Gasteiger partial charge in [-0.05, 0) is 43.2 Å². The molecule has 1 aromatic heterocycles. The first-order valence-corrected chi connectivity index (χ1v) is 11.6. The van der Waals surface area contributed by atoms with Gasteiger partial charge in [-0.15, -0.1) is 11.3 Å². The highest BCUT2D eigenvalue weighted by molar-refractivity contribution is 7.89. The van der Waals surface area contributed by atoms with Crippen molar-refractivity contribution in [3.05, 3.63) is 50.2 Å². The summed E-state index contributed by atoms with van der Waals surface area (Å²) in [7, 11) is -4.31. The molecule has 2 rings (SSSR count). The molecule has 7 nitrogen and oxygen atoms in total. The summed E-state index contributed by atoms with van der Waals surface area (Å²) < 4.78 is 65.1. The van der Waals surface area contributed by atoms with Crippen LogP contribution in [0.5, 0.6) is 0 Å². The Hall–Kier alpha value is -2.15. The number of benzene rings is 1. The Kier molecular flexibility index (Phi) is 8.09. The number of carbonyl (C=O) groups is 2. The van der Waals surface area contributed by atoms with Crippen LogP contribution < -0.4 is 15.6 Å². The van der Waals surface area contributed by atoms with Crippen LogP contribution in [0.25, 0.3) is 0 Å². The predicted octanol–water partition coefficient (Wildman–Crippen LogP) is 3.42. The molecule has 0 saturated heterocycles. The lowest BCUT2D eigenvalue weighted by molar-refractivity contribution is -0.137. The van der Waals surface area contributed by atoms with Gasteiger partial charge in [-0.1, -0.05) is 18.5 Å². The number of hydrazine groups is 1. The van der Waals surface area contributed by atoms with Gasteiger partial charge in [0.25, 0.3) is 5.91 Å². The zero-order valence-electron chi connectivity index (χ0n) is 16.4. The summed E-state index contributed by atoms with van der Waals surface area (Å²) in [5, 5.41) is -0.631. The van der Waals surface area contributed by atoms with Gasteiger partial charge >= 0.3 is 6.18 Å². The van der Waals surface area contributed by atoms with Crippen LogP contribution in [0.3, 0.4) is 0 Å². The fourth-order valence-corrected chi connectivity index (χ4v) is 4.80. The molecule has 13 heteroatoms. The van der Waals surface area contributed by atoms with Gasteiger partial charge in [-0.25, -0.2) is 13.1 Å². The number of thiophene rings is 1. The van der Waals surface area contributed by atoms with E-state index in [2.05, 4.69) is 10.9 Å². The lowest BCUT2D eigenvalue weighted by atomic mass is 10.2. The number of carbonyl (C=O) groups excluding carboxylic acids is 2. The minimum absolute atomic E-state index is 0.358. The number of aryl methyl sites for hydroxylation is 2. The highest BCUT2D eigenvalue weighted by Gasteiger charge is 2.34. The van der Waals surface area contributed by atoms with E-state index in [4.69, 9.17) is 11.6 Å². The number of rotatable bonds is 7. The van der Waals surface area contributed by atoms with Crippen molar-refractivity contribution < 1.29 is 31.2 Å². The molecule has 2 aromatic rings. The summed E-state index contributed by atoms with van der Waals surface area (Å²) in [4.78, 5) is 24.7. The normalized spacial score (nSPS) is 11.9. The standard InChI is InChI=1S/C18H19ClF3N3O4S2/c1-3-14-10(2)8-15(30-14)17(27)25-24-16(26)6-7-23-31(28,29)11-4-5-13(19)12(9-11)18(20,21)22/h4-5,8-9,23H,3,6-7H2,1-2H3,(H,24,26)(H,25,27). The van der Waals surface area contributed by atoms with Crippen LogP contribution in [-0.4, -0.2) is 26.8 Å². The largest absolute Gasteiger partial charge is 0.417 e. The molecule has 0 fully saturated rings. The quantitative estimate of drug-likeness (QED) is 0.510. The lowest BCUT2D eigenvalue weighted by Gasteiger charge is -2.12. The number of alkyl halides is 3. The van der Waals surface area contributed by atoms with E-state index >= 15 is 0 Å². The predicted molar refractivity (Wildman–Crippen MR) is 110 cm³/mol. The van der Waals surface area contributed by atoms with Crippen LogP contribution in [0.15, 0.2) is 29.2 Å². The van der Waals surface area contributed by atoms with Gasteiger partial charge < -0.3 is 0 Å². The summed E-state index contributed by atoms with van der Waals surface area (Å²) in [6, 6.07) is 3.87. The summed E-state index contributed by atoms with van der Waals surface area (Å²) in [5.41, 5.74) is 4.07. The number of sulfonamides is 1. The Bertz CT molecular complexity index is 1090. The van der Waals surface area contributed by atoms with Crippen molar-refractivity contribution in [3.8, 4) is 0 Å². The first kappa shape index (κ1) is 25.1.